The normalized spacial score (nSPS) is 18.9. The summed E-state index contributed by atoms with van der Waals surface area (Å²) in [6, 6.07) is 1.32. The van der Waals surface area contributed by atoms with Gasteiger partial charge < -0.3 is 10.3 Å². The lowest BCUT2D eigenvalue weighted by Crippen LogP contribution is -2.22. The zero-order valence-electron chi connectivity index (χ0n) is 6.63. The van der Waals surface area contributed by atoms with E-state index in [0.29, 0.717) is 0 Å². The fourth-order valence-corrected chi connectivity index (χ4v) is 1.08. The monoisotopic (exact) mass is 177 g/mol. The molecule has 3 N–H and O–H groups in total. The van der Waals surface area contributed by atoms with E-state index < -0.39 is 11.9 Å². The Kier molecular flexibility index (Phi) is 1.63. The molecule has 1 saturated heterocycles. The van der Waals surface area contributed by atoms with E-state index in [1.165, 1.54) is 0 Å². The summed E-state index contributed by atoms with van der Waals surface area (Å²) in [4.78, 5) is 24.6. The van der Waals surface area contributed by atoms with E-state index in [2.05, 4.69) is 15.6 Å². The molecule has 1 aliphatic heterocycles. The van der Waals surface area contributed by atoms with Crippen molar-refractivity contribution in [3.8, 4) is 0 Å². The first kappa shape index (κ1) is 7.60. The summed E-state index contributed by atoms with van der Waals surface area (Å²) in [5, 5.41) is 4.50. The van der Waals surface area contributed by atoms with Crippen LogP contribution in [-0.2, 0) is 4.79 Å². The summed E-state index contributed by atoms with van der Waals surface area (Å²) < 4.78 is 0. The Bertz CT molecular complexity index is 378. The molecule has 0 saturated carbocycles. The molecule has 13 heavy (non-hydrogen) atoms. The molecule has 0 unspecified atom stereocenters. The predicted octanol–water partition coefficient (Wildman–Crippen LogP) is 0.195. The molecule has 1 fully saturated rings. The maximum Gasteiger partial charge on any atom is 0.326 e. The third kappa shape index (κ3) is 1.44. The van der Waals surface area contributed by atoms with E-state index in [9.17, 15) is 9.59 Å². The highest BCUT2D eigenvalue weighted by Gasteiger charge is 2.22. The molecule has 0 spiro atoms. The summed E-state index contributed by atoms with van der Waals surface area (Å²) in [6.45, 7) is 0. The number of hydrogen-bond acceptors (Lipinski definition) is 2. The first-order valence-corrected chi connectivity index (χ1v) is 3.72. The van der Waals surface area contributed by atoms with Crippen LogP contribution in [0.25, 0.3) is 6.08 Å². The van der Waals surface area contributed by atoms with Crippen molar-refractivity contribution < 1.29 is 9.59 Å². The molecular weight excluding hydrogens is 170 g/mol. The third-order valence-electron chi connectivity index (χ3n) is 1.65. The fourth-order valence-electron chi connectivity index (χ4n) is 1.08. The molecule has 0 aliphatic carbocycles. The van der Waals surface area contributed by atoms with Crippen molar-refractivity contribution in [2.75, 3.05) is 0 Å². The average Bonchev–Trinajstić information content (AvgIpc) is 2.63. The molecule has 1 aliphatic rings. The number of aromatic amines is 1. The maximum atomic E-state index is 11.0. The summed E-state index contributed by atoms with van der Waals surface area (Å²) in [5.74, 6) is -0.397. The van der Waals surface area contributed by atoms with Crippen LogP contribution in [0.15, 0.2) is 24.2 Å². The van der Waals surface area contributed by atoms with Gasteiger partial charge in [-0.1, -0.05) is 0 Å². The predicted molar refractivity (Wildman–Crippen MR) is 45.4 cm³/mol. The second kappa shape index (κ2) is 2.78. The van der Waals surface area contributed by atoms with E-state index in [0.717, 1.165) is 5.56 Å². The zero-order chi connectivity index (χ0) is 9.26. The minimum absolute atomic E-state index is 0.268. The van der Waals surface area contributed by atoms with Gasteiger partial charge in [-0.3, -0.25) is 10.1 Å². The smallest absolute Gasteiger partial charge is 0.326 e. The highest BCUT2D eigenvalue weighted by atomic mass is 16.2. The SMILES string of the molecule is O=C1NC(=O)/C(=C/c2cc[nH]c2)N1. The second-order valence-corrected chi connectivity index (χ2v) is 2.61. The number of hydrogen-bond donors (Lipinski definition) is 3. The number of carbonyl (C=O) groups excluding carboxylic acids is 2. The van der Waals surface area contributed by atoms with E-state index in [1.54, 1.807) is 24.5 Å². The molecule has 0 bridgehead atoms. The molecule has 0 radical (unpaired) electrons. The van der Waals surface area contributed by atoms with E-state index >= 15 is 0 Å². The van der Waals surface area contributed by atoms with Gasteiger partial charge in [0.15, 0.2) is 0 Å². The van der Waals surface area contributed by atoms with Gasteiger partial charge in [0, 0.05) is 12.4 Å². The minimum Gasteiger partial charge on any atom is -0.367 e. The highest BCUT2D eigenvalue weighted by Crippen LogP contribution is 2.06. The first-order chi connectivity index (χ1) is 6.25. The molecule has 66 valence electrons. The van der Waals surface area contributed by atoms with Crippen molar-refractivity contribution in [2.24, 2.45) is 0 Å². The summed E-state index contributed by atoms with van der Waals surface area (Å²) in [6.07, 6.45) is 5.06. The molecule has 5 heteroatoms. The van der Waals surface area contributed by atoms with Crippen LogP contribution in [0.3, 0.4) is 0 Å². The first-order valence-electron chi connectivity index (χ1n) is 3.72. The lowest BCUT2D eigenvalue weighted by Gasteiger charge is -1.90. The van der Waals surface area contributed by atoms with Crippen LogP contribution in [0.4, 0.5) is 4.79 Å². The summed E-state index contributed by atoms with van der Waals surface area (Å²) in [7, 11) is 0. The van der Waals surface area contributed by atoms with Gasteiger partial charge in [-0.05, 0) is 17.7 Å². The van der Waals surface area contributed by atoms with E-state index in [-0.39, 0.29) is 5.70 Å². The van der Waals surface area contributed by atoms with Crippen LogP contribution < -0.4 is 10.6 Å². The standard InChI is InChI=1S/C8H7N3O2/c12-7-6(10-8(13)11-7)3-5-1-2-9-4-5/h1-4,9H,(H2,10,11,12,13)/b6-3-. The summed E-state index contributed by atoms with van der Waals surface area (Å²) in [5.41, 5.74) is 1.11. The summed E-state index contributed by atoms with van der Waals surface area (Å²) >= 11 is 0. The number of carbonyl (C=O) groups is 2. The Morgan fingerprint density at radius 3 is 2.62 bits per heavy atom. The molecule has 0 atom stereocenters. The minimum atomic E-state index is -0.480. The Morgan fingerprint density at radius 2 is 2.08 bits per heavy atom. The van der Waals surface area contributed by atoms with E-state index in [4.69, 9.17) is 0 Å². The van der Waals surface area contributed by atoms with Gasteiger partial charge >= 0.3 is 6.03 Å². The zero-order valence-corrected chi connectivity index (χ0v) is 6.63. The lowest BCUT2D eigenvalue weighted by molar-refractivity contribution is -0.115. The van der Waals surface area contributed by atoms with Crippen molar-refractivity contribution in [1.29, 1.82) is 0 Å². The number of aromatic nitrogens is 1. The molecule has 5 nitrogen and oxygen atoms in total. The van der Waals surface area contributed by atoms with Crippen LogP contribution in [0.1, 0.15) is 5.56 Å². The largest absolute Gasteiger partial charge is 0.367 e. The lowest BCUT2D eigenvalue weighted by atomic mass is 10.3. The molecular formula is C8H7N3O2. The third-order valence-corrected chi connectivity index (χ3v) is 1.65. The van der Waals surface area contributed by atoms with Gasteiger partial charge in [0.1, 0.15) is 5.70 Å². The van der Waals surface area contributed by atoms with Gasteiger partial charge in [0.2, 0.25) is 0 Å². The number of amides is 3. The van der Waals surface area contributed by atoms with Crippen molar-refractivity contribution in [2.45, 2.75) is 0 Å². The Labute approximate surface area is 73.8 Å². The molecule has 3 amide bonds. The van der Waals surface area contributed by atoms with E-state index in [1.807, 2.05) is 0 Å². The molecule has 0 aromatic carbocycles. The number of imide groups is 1. The Balaban J connectivity index is 2.27. The average molecular weight is 177 g/mol. The number of nitrogens with one attached hydrogen (secondary N) is 3. The van der Waals surface area contributed by atoms with Gasteiger partial charge in [0.25, 0.3) is 5.91 Å². The topological polar surface area (TPSA) is 74.0 Å². The Morgan fingerprint density at radius 1 is 1.23 bits per heavy atom. The molecule has 1 aromatic heterocycles. The van der Waals surface area contributed by atoms with Crippen molar-refractivity contribution in [3.05, 3.63) is 29.7 Å². The van der Waals surface area contributed by atoms with Crippen LogP contribution in [0.2, 0.25) is 0 Å². The van der Waals surface area contributed by atoms with Gasteiger partial charge in [-0.2, -0.15) is 0 Å². The van der Waals surface area contributed by atoms with Crippen molar-refractivity contribution in [1.82, 2.24) is 15.6 Å². The molecule has 2 heterocycles. The number of urea groups is 1. The fraction of sp³-hybridized carbons (Fsp3) is 0. The van der Waals surface area contributed by atoms with Gasteiger partial charge in [-0.25, -0.2) is 4.79 Å². The molecule has 1 aromatic rings. The van der Waals surface area contributed by atoms with Crippen molar-refractivity contribution in [3.63, 3.8) is 0 Å². The highest BCUT2D eigenvalue weighted by molar-refractivity contribution is 6.13. The quantitative estimate of drug-likeness (QED) is 0.423. The maximum absolute atomic E-state index is 11.0. The van der Waals surface area contributed by atoms with Gasteiger partial charge in [-0.15, -0.1) is 0 Å². The van der Waals surface area contributed by atoms with Crippen LogP contribution in [0, 0.1) is 0 Å². The number of H-pyrrole nitrogens is 1. The number of rotatable bonds is 1. The van der Waals surface area contributed by atoms with Crippen LogP contribution >= 0.6 is 0 Å². The van der Waals surface area contributed by atoms with Crippen molar-refractivity contribution >= 4 is 18.0 Å². The van der Waals surface area contributed by atoms with Gasteiger partial charge in [0.05, 0.1) is 0 Å². The van der Waals surface area contributed by atoms with Crippen LogP contribution in [-0.4, -0.2) is 16.9 Å². The second-order valence-electron chi connectivity index (χ2n) is 2.61. The molecule has 2 rings (SSSR count). The Hall–Kier alpha value is -2.04. The van der Waals surface area contributed by atoms with Crippen LogP contribution in [0.5, 0.6) is 0 Å².